The minimum absolute atomic E-state index is 0.749. The number of fused-ring (bicyclic) bond motifs is 1. The minimum Gasteiger partial charge on any atom is -0.495 e. The van der Waals surface area contributed by atoms with Gasteiger partial charge in [-0.1, -0.05) is 35.5 Å². The van der Waals surface area contributed by atoms with E-state index in [1.54, 1.807) is 18.4 Å². The van der Waals surface area contributed by atoms with Crippen molar-refractivity contribution in [1.29, 1.82) is 0 Å². The van der Waals surface area contributed by atoms with Crippen molar-refractivity contribution < 1.29 is 9.94 Å². The van der Waals surface area contributed by atoms with Crippen molar-refractivity contribution in [2.24, 2.45) is 5.16 Å². The molecule has 29 heavy (non-hydrogen) atoms. The van der Waals surface area contributed by atoms with Crippen molar-refractivity contribution in [1.82, 2.24) is 4.90 Å². The zero-order valence-electron chi connectivity index (χ0n) is 17.0. The molecule has 4 rings (SSSR count). The van der Waals surface area contributed by atoms with E-state index in [2.05, 4.69) is 58.3 Å². The van der Waals surface area contributed by atoms with Crippen molar-refractivity contribution in [3.63, 3.8) is 0 Å². The van der Waals surface area contributed by atoms with Crippen LogP contribution in [0.25, 0.3) is 10.1 Å². The molecule has 6 heteroatoms. The third kappa shape index (κ3) is 4.09. The van der Waals surface area contributed by atoms with Gasteiger partial charge in [-0.15, -0.1) is 11.3 Å². The van der Waals surface area contributed by atoms with E-state index in [1.165, 1.54) is 15.6 Å². The van der Waals surface area contributed by atoms with Gasteiger partial charge in [0.1, 0.15) is 5.75 Å². The van der Waals surface area contributed by atoms with E-state index >= 15 is 0 Å². The molecule has 1 saturated heterocycles. The van der Waals surface area contributed by atoms with Crippen LogP contribution in [-0.2, 0) is 0 Å². The van der Waals surface area contributed by atoms with E-state index in [1.807, 2.05) is 12.1 Å². The Morgan fingerprint density at radius 3 is 2.52 bits per heavy atom. The summed E-state index contributed by atoms with van der Waals surface area (Å²) in [6.07, 6.45) is 0.749. The first-order valence-electron chi connectivity index (χ1n) is 10.0. The molecule has 5 nitrogen and oxygen atoms in total. The SMILES string of the molecule is COc1ccccc1N1CCN(CC/C(=N/O)c2sc3ccccc3c2C)CC1. The van der Waals surface area contributed by atoms with Crippen LogP contribution in [0.3, 0.4) is 0 Å². The van der Waals surface area contributed by atoms with Gasteiger partial charge in [0.25, 0.3) is 0 Å². The zero-order chi connectivity index (χ0) is 20.2. The highest BCUT2D eigenvalue weighted by atomic mass is 32.1. The van der Waals surface area contributed by atoms with E-state index in [-0.39, 0.29) is 0 Å². The second-order valence-corrected chi connectivity index (χ2v) is 8.40. The van der Waals surface area contributed by atoms with Crippen LogP contribution in [0.1, 0.15) is 16.9 Å². The van der Waals surface area contributed by atoms with Gasteiger partial charge in [0.15, 0.2) is 0 Å². The molecular weight excluding hydrogens is 382 g/mol. The van der Waals surface area contributed by atoms with E-state index < -0.39 is 0 Å². The smallest absolute Gasteiger partial charge is 0.142 e. The number of para-hydroxylation sites is 2. The lowest BCUT2D eigenvalue weighted by Gasteiger charge is -2.36. The lowest BCUT2D eigenvalue weighted by molar-refractivity contribution is 0.262. The molecule has 0 atom stereocenters. The molecular formula is C23H27N3O2S. The zero-order valence-corrected chi connectivity index (χ0v) is 17.8. The average molecular weight is 410 g/mol. The van der Waals surface area contributed by atoms with Gasteiger partial charge in [-0.05, 0) is 36.1 Å². The standard InChI is InChI=1S/C23H27N3O2S/c1-17-18-7-3-6-10-22(18)29-23(17)19(24-27)11-12-25-13-15-26(16-14-25)20-8-4-5-9-21(20)28-2/h3-10,27H,11-16H2,1-2H3/b24-19-. The van der Waals surface area contributed by atoms with Crippen LogP contribution in [0.15, 0.2) is 53.7 Å². The van der Waals surface area contributed by atoms with Crippen LogP contribution >= 0.6 is 11.3 Å². The molecule has 1 fully saturated rings. The summed E-state index contributed by atoms with van der Waals surface area (Å²) in [4.78, 5) is 5.92. The van der Waals surface area contributed by atoms with Crippen molar-refractivity contribution in [3.8, 4) is 5.75 Å². The highest BCUT2D eigenvalue weighted by molar-refractivity contribution is 7.21. The fraction of sp³-hybridized carbons (Fsp3) is 0.348. The summed E-state index contributed by atoms with van der Waals surface area (Å²) >= 11 is 1.71. The van der Waals surface area contributed by atoms with Gasteiger partial charge in [-0.25, -0.2) is 0 Å². The van der Waals surface area contributed by atoms with Gasteiger partial charge in [0.2, 0.25) is 0 Å². The highest BCUT2D eigenvalue weighted by Crippen LogP contribution is 2.32. The van der Waals surface area contributed by atoms with E-state index in [9.17, 15) is 5.21 Å². The van der Waals surface area contributed by atoms with E-state index in [0.717, 1.165) is 61.2 Å². The monoisotopic (exact) mass is 409 g/mol. The Morgan fingerprint density at radius 1 is 1.07 bits per heavy atom. The summed E-state index contributed by atoms with van der Waals surface area (Å²) in [7, 11) is 1.72. The fourth-order valence-electron chi connectivity index (χ4n) is 4.03. The number of piperazine rings is 1. The van der Waals surface area contributed by atoms with Gasteiger partial charge >= 0.3 is 0 Å². The number of thiophene rings is 1. The summed E-state index contributed by atoms with van der Waals surface area (Å²) < 4.78 is 6.75. The summed E-state index contributed by atoms with van der Waals surface area (Å²) in [5.74, 6) is 0.927. The van der Waals surface area contributed by atoms with Gasteiger partial charge in [0.05, 0.1) is 23.4 Å². The number of methoxy groups -OCH3 is 1. The number of nitrogens with zero attached hydrogens (tertiary/aromatic N) is 3. The maximum absolute atomic E-state index is 9.66. The molecule has 2 heterocycles. The van der Waals surface area contributed by atoms with Crippen LogP contribution in [-0.4, -0.2) is 55.7 Å². The second kappa shape index (κ2) is 8.84. The molecule has 152 valence electrons. The molecule has 0 aliphatic carbocycles. The summed E-state index contributed by atoms with van der Waals surface area (Å²) in [5, 5.41) is 14.6. The molecule has 0 amide bonds. The lowest BCUT2D eigenvalue weighted by Crippen LogP contribution is -2.47. The maximum Gasteiger partial charge on any atom is 0.142 e. The molecule has 0 saturated carbocycles. The highest BCUT2D eigenvalue weighted by Gasteiger charge is 2.21. The molecule has 3 aromatic rings. The van der Waals surface area contributed by atoms with Crippen molar-refractivity contribution in [2.45, 2.75) is 13.3 Å². The molecule has 1 N–H and O–H groups in total. The molecule has 0 spiro atoms. The molecule has 0 bridgehead atoms. The molecule has 0 unspecified atom stereocenters. The number of benzene rings is 2. The van der Waals surface area contributed by atoms with Gasteiger partial charge in [0, 0.05) is 43.8 Å². The Kier molecular flexibility index (Phi) is 6.02. The van der Waals surface area contributed by atoms with Gasteiger partial charge in [-0.2, -0.15) is 0 Å². The minimum atomic E-state index is 0.749. The number of anilines is 1. The van der Waals surface area contributed by atoms with E-state index in [0.29, 0.717) is 0 Å². The van der Waals surface area contributed by atoms with Gasteiger partial charge in [-0.3, -0.25) is 4.90 Å². The predicted molar refractivity (Wildman–Crippen MR) is 121 cm³/mol. The van der Waals surface area contributed by atoms with E-state index in [4.69, 9.17) is 4.74 Å². The lowest BCUT2D eigenvalue weighted by atomic mass is 10.1. The van der Waals surface area contributed by atoms with Crippen LogP contribution < -0.4 is 9.64 Å². The Morgan fingerprint density at radius 2 is 1.79 bits per heavy atom. The van der Waals surface area contributed by atoms with Crippen LogP contribution in [0, 0.1) is 6.92 Å². The predicted octanol–water partition coefficient (Wildman–Crippen LogP) is 4.61. The first kappa shape index (κ1) is 19.7. The maximum atomic E-state index is 9.66. The number of hydrogen-bond acceptors (Lipinski definition) is 6. The number of ether oxygens (including phenoxy) is 1. The third-order valence-corrected chi connectivity index (χ3v) is 7.01. The number of aryl methyl sites for hydroxylation is 1. The molecule has 1 aliphatic heterocycles. The van der Waals surface area contributed by atoms with Gasteiger partial charge < -0.3 is 14.8 Å². The van der Waals surface area contributed by atoms with Crippen molar-refractivity contribution in [2.75, 3.05) is 44.7 Å². The summed E-state index contributed by atoms with van der Waals surface area (Å²) in [6.45, 7) is 6.92. The molecule has 0 radical (unpaired) electrons. The second-order valence-electron chi connectivity index (χ2n) is 7.35. The summed E-state index contributed by atoms with van der Waals surface area (Å²) in [5.41, 5.74) is 3.16. The molecule has 1 aliphatic rings. The Labute approximate surface area is 175 Å². The first-order chi connectivity index (χ1) is 14.2. The fourth-order valence-corrected chi connectivity index (χ4v) is 5.25. The first-order valence-corrected chi connectivity index (χ1v) is 10.8. The Balaban J connectivity index is 1.37. The quantitative estimate of drug-likeness (QED) is 0.367. The Bertz CT molecular complexity index is 1010. The normalized spacial score (nSPS) is 15.8. The largest absolute Gasteiger partial charge is 0.495 e. The van der Waals surface area contributed by atoms with Crippen LogP contribution in [0.4, 0.5) is 5.69 Å². The number of hydrogen-bond donors (Lipinski definition) is 1. The van der Waals surface area contributed by atoms with Crippen LogP contribution in [0.5, 0.6) is 5.75 Å². The molecule has 2 aromatic carbocycles. The third-order valence-electron chi connectivity index (χ3n) is 5.69. The van der Waals surface area contributed by atoms with Crippen molar-refractivity contribution >= 4 is 32.8 Å². The number of oxime groups is 1. The Hall–Kier alpha value is -2.57. The van der Waals surface area contributed by atoms with Crippen molar-refractivity contribution in [3.05, 3.63) is 59.0 Å². The van der Waals surface area contributed by atoms with Crippen LogP contribution in [0.2, 0.25) is 0 Å². The topological polar surface area (TPSA) is 48.3 Å². The molecule has 1 aromatic heterocycles. The number of rotatable bonds is 6. The average Bonchev–Trinajstić information content (AvgIpc) is 3.11. The summed E-state index contributed by atoms with van der Waals surface area (Å²) in [6, 6.07) is 16.6.